The van der Waals surface area contributed by atoms with Gasteiger partial charge in [0.05, 0.1) is 42.1 Å². The van der Waals surface area contributed by atoms with Gasteiger partial charge in [0, 0.05) is 13.2 Å². The summed E-state index contributed by atoms with van der Waals surface area (Å²) >= 11 is 0. The van der Waals surface area contributed by atoms with Crippen molar-refractivity contribution in [3.63, 3.8) is 0 Å². The van der Waals surface area contributed by atoms with Crippen molar-refractivity contribution in [3.8, 4) is 0 Å². The minimum atomic E-state index is -1.35. The quantitative estimate of drug-likeness (QED) is 0.0952. The zero-order valence-corrected chi connectivity index (χ0v) is 22.5. The lowest BCUT2D eigenvalue weighted by atomic mass is 10.1. The molecular formula is C25H33NO13. The van der Waals surface area contributed by atoms with Crippen molar-refractivity contribution in [1.29, 1.82) is 0 Å². The lowest BCUT2D eigenvalue weighted by Gasteiger charge is -2.17. The number of ether oxygens (including phenoxy) is 6. The highest BCUT2D eigenvalue weighted by atomic mass is 16.6. The predicted octanol–water partition coefficient (Wildman–Crippen LogP) is 2.28. The first-order valence-electron chi connectivity index (χ1n) is 12.0. The molecule has 0 saturated heterocycles. The van der Waals surface area contributed by atoms with Gasteiger partial charge in [-0.05, 0) is 31.9 Å². The van der Waals surface area contributed by atoms with Crippen molar-refractivity contribution in [2.45, 2.75) is 59.4 Å². The molecule has 0 spiro atoms. The third-order valence-corrected chi connectivity index (χ3v) is 4.78. The fourth-order valence-corrected chi connectivity index (χ4v) is 2.71. The lowest BCUT2D eigenvalue weighted by Crippen LogP contribution is -2.33. The molecule has 14 nitrogen and oxygen atoms in total. The molecule has 0 radical (unpaired) electrons. The van der Waals surface area contributed by atoms with Gasteiger partial charge in [0.2, 0.25) is 0 Å². The molecule has 216 valence electrons. The number of nitrogens with zero attached hydrogens (tertiary/aromatic N) is 1. The zero-order chi connectivity index (χ0) is 29.5. The summed E-state index contributed by atoms with van der Waals surface area (Å²) in [7, 11) is 1.42. The third-order valence-electron chi connectivity index (χ3n) is 4.78. The molecule has 0 fully saturated rings. The first kappa shape index (κ1) is 33.0. The Balaban J connectivity index is 2.53. The van der Waals surface area contributed by atoms with Crippen molar-refractivity contribution >= 4 is 35.5 Å². The van der Waals surface area contributed by atoms with E-state index in [9.17, 15) is 34.1 Å². The van der Waals surface area contributed by atoms with Crippen LogP contribution in [-0.4, -0.2) is 73.9 Å². The number of carbonyl (C=O) groups excluding carboxylic acids is 5. The molecule has 0 N–H and O–H groups in total. The van der Waals surface area contributed by atoms with E-state index in [0.29, 0.717) is 0 Å². The molecule has 0 aliphatic heterocycles. The molecule has 0 heterocycles. The number of benzene rings is 1. The Kier molecular flexibility index (Phi) is 14.1. The first-order valence-corrected chi connectivity index (χ1v) is 12.0. The maximum absolute atomic E-state index is 12.1. The van der Waals surface area contributed by atoms with Gasteiger partial charge in [0.25, 0.3) is 5.69 Å². The Morgan fingerprint density at radius 1 is 0.846 bits per heavy atom. The monoisotopic (exact) mass is 555 g/mol. The third kappa shape index (κ3) is 12.3. The molecule has 39 heavy (non-hydrogen) atoms. The Bertz CT molecular complexity index is 1040. The highest BCUT2D eigenvalue weighted by Gasteiger charge is 2.26. The molecule has 0 aliphatic rings. The fraction of sp³-hybridized carbons (Fsp3) is 0.560. The highest BCUT2D eigenvalue weighted by Crippen LogP contribution is 2.22. The molecule has 14 heteroatoms. The second-order valence-electron chi connectivity index (χ2n) is 8.63. The van der Waals surface area contributed by atoms with Gasteiger partial charge >= 0.3 is 29.8 Å². The van der Waals surface area contributed by atoms with Crippen LogP contribution in [0.25, 0.3) is 0 Å². The van der Waals surface area contributed by atoms with E-state index in [0.717, 1.165) is 6.07 Å². The standard InChI is InChI=1S/C25H33NO13/c1-15(2)13-37-23(29)16(3)39-24(30)17(4)38-22(28)9-8-21(27)36-14-19-7-6-18(12-20(19)26(32)33)25(31)35-11-10-34-5/h6-7,12,15-17H,8-11,13-14H2,1-5H3. The van der Waals surface area contributed by atoms with Crippen LogP contribution in [0, 0.1) is 16.0 Å². The number of nitro benzene ring substituents is 1. The Hall–Kier alpha value is -4.07. The maximum atomic E-state index is 12.1. The molecule has 2 unspecified atom stereocenters. The van der Waals surface area contributed by atoms with Crippen molar-refractivity contribution in [1.82, 2.24) is 0 Å². The van der Waals surface area contributed by atoms with Crippen molar-refractivity contribution in [2.75, 3.05) is 26.9 Å². The van der Waals surface area contributed by atoms with Crippen LogP contribution in [0.15, 0.2) is 18.2 Å². The van der Waals surface area contributed by atoms with Crippen LogP contribution in [0.3, 0.4) is 0 Å². The number of methoxy groups -OCH3 is 1. The molecule has 1 aromatic carbocycles. The van der Waals surface area contributed by atoms with Crippen LogP contribution in [-0.2, 0) is 54.2 Å². The minimum Gasteiger partial charge on any atom is -0.463 e. The molecule has 2 atom stereocenters. The van der Waals surface area contributed by atoms with E-state index in [1.54, 1.807) is 0 Å². The van der Waals surface area contributed by atoms with E-state index in [-0.39, 0.29) is 36.9 Å². The second-order valence-corrected chi connectivity index (χ2v) is 8.63. The second kappa shape index (κ2) is 16.7. The number of hydrogen-bond acceptors (Lipinski definition) is 13. The van der Waals surface area contributed by atoms with Gasteiger partial charge in [-0.1, -0.05) is 13.8 Å². The Morgan fingerprint density at radius 3 is 2.10 bits per heavy atom. The summed E-state index contributed by atoms with van der Waals surface area (Å²) in [5.74, 6) is -4.17. The van der Waals surface area contributed by atoms with Gasteiger partial charge in [-0.3, -0.25) is 19.7 Å². The van der Waals surface area contributed by atoms with E-state index in [1.807, 2.05) is 13.8 Å². The summed E-state index contributed by atoms with van der Waals surface area (Å²) in [4.78, 5) is 70.6. The molecule has 0 bridgehead atoms. The average Bonchev–Trinajstić information content (AvgIpc) is 2.88. The largest absolute Gasteiger partial charge is 0.463 e. The zero-order valence-electron chi connectivity index (χ0n) is 22.5. The van der Waals surface area contributed by atoms with E-state index < -0.39 is 72.1 Å². The van der Waals surface area contributed by atoms with Crippen LogP contribution in [0.4, 0.5) is 5.69 Å². The van der Waals surface area contributed by atoms with E-state index in [4.69, 9.17) is 28.4 Å². The summed E-state index contributed by atoms with van der Waals surface area (Å²) in [5.41, 5.74) is -0.509. The van der Waals surface area contributed by atoms with Crippen molar-refractivity contribution in [3.05, 3.63) is 39.4 Å². The van der Waals surface area contributed by atoms with Crippen LogP contribution < -0.4 is 0 Å². The van der Waals surface area contributed by atoms with Gasteiger partial charge < -0.3 is 28.4 Å². The summed E-state index contributed by atoms with van der Waals surface area (Å²) in [6, 6.07) is 3.54. The molecule has 0 aliphatic carbocycles. The normalized spacial score (nSPS) is 12.2. The van der Waals surface area contributed by atoms with Crippen LogP contribution >= 0.6 is 0 Å². The molecule has 1 aromatic rings. The van der Waals surface area contributed by atoms with Gasteiger partial charge in [-0.2, -0.15) is 0 Å². The molecule has 0 amide bonds. The van der Waals surface area contributed by atoms with E-state index in [1.165, 1.54) is 33.1 Å². The number of nitro groups is 1. The van der Waals surface area contributed by atoms with Crippen molar-refractivity contribution < 1.29 is 57.3 Å². The highest BCUT2D eigenvalue weighted by molar-refractivity contribution is 5.90. The summed E-state index contributed by atoms with van der Waals surface area (Å²) in [5, 5.41) is 11.4. The van der Waals surface area contributed by atoms with Crippen LogP contribution in [0.1, 0.15) is 56.5 Å². The summed E-state index contributed by atoms with van der Waals surface area (Å²) in [6.07, 6.45) is -3.43. The smallest absolute Gasteiger partial charge is 0.347 e. The lowest BCUT2D eigenvalue weighted by molar-refractivity contribution is -0.385. The predicted molar refractivity (Wildman–Crippen MR) is 131 cm³/mol. The molecule has 0 saturated carbocycles. The summed E-state index contributed by atoms with van der Waals surface area (Å²) < 4.78 is 29.5. The van der Waals surface area contributed by atoms with Crippen molar-refractivity contribution in [2.24, 2.45) is 5.92 Å². The van der Waals surface area contributed by atoms with Gasteiger partial charge in [-0.15, -0.1) is 0 Å². The SMILES string of the molecule is COCCOC(=O)c1ccc(COC(=O)CCC(=O)OC(C)C(=O)OC(C)C(=O)OCC(C)C)c([N+](=O)[O-])c1. The topological polar surface area (TPSA) is 184 Å². The Morgan fingerprint density at radius 2 is 1.49 bits per heavy atom. The average molecular weight is 556 g/mol. The van der Waals surface area contributed by atoms with Crippen LogP contribution in [0.2, 0.25) is 0 Å². The van der Waals surface area contributed by atoms with Gasteiger partial charge in [-0.25, -0.2) is 14.4 Å². The first-order chi connectivity index (χ1) is 18.3. The minimum absolute atomic E-state index is 0.0155. The number of carbonyl (C=O) groups is 5. The van der Waals surface area contributed by atoms with E-state index >= 15 is 0 Å². The van der Waals surface area contributed by atoms with Gasteiger partial charge in [0.1, 0.15) is 13.2 Å². The van der Waals surface area contributed by atoms with Crippen LogP contribution in [0.5, 0.6) is 0 Å². The number of hydrogen-bond donors (Lipinski definition) is 0. The fourth-order valence-electron chi connectivity index (χ4n) is 2.71. The molecule has 0 aromatic heterocycles. The van der Waals surface area contributed by atoms with Gasteiger partial charge in [0.15, 0.2) is 12.2 Å². The maximum Gasteiger partial charge on any atom is 0.347 e. The number of rotatable bonds is 16. The number of esters is 5. The Labute approximate surface area is 225 Å². The molecular weight excluding hydrogens is 522 g/mol. The van der Waals surface area contributed by atoms with E-state index in [2.05, 4.69) is 0 Å². The molecule has 1 rings (SSSR count). The summed E-state index contributed by atoms with van der Waals surface area (Å²) in [6.45, 7) is 6.03.